The van der Waals surface area contributed by atoms with Gasteiger partial charge in [-0.3, -0.25) is 4.79 Å². The molecule has 1 amide bonds. The molecule has 0 bridgehead atoms. The van der Waals surface area contributed by atoms with Gasteiger partial charge in [0.25, 0.3) is 5.91 Å². The summed E-state index contributed by atoms with van der Waals surface area (Å²) in [6, 6.07) is 5.20. The summed E-state index contributed by atoms with van der Waals surface area (Å²) in [6.45, 7) is 4.27. The summed E-state index contributed by atoms with van der Waals surface area (Å²) in [5.41, 5.74) is 1.25. The van der Waals surface area contributed by atoms with Crippen molar-refractivity contribution in [1.82, 2.24) is 19.7 Å². The van der Waals surface area contributed by atoms with Crippen molar-refractivity contribution in [1.29, 1.82) is 0 Å². The lowest BCUT2D eigenvalue weighted by Gasteiger charge is -2.32. The molecule has 6 heteroatoms. The summed E-state index contributed by atoms with van der Waals surface area (Å²) in [6.07, 6.45) is 3.98. The molecule has 1 aromatic carbocycles. The molecular formula is C18H22N4O2. The Morgan fingerprint density at radius 3 is 2.75 bits per heavy atom. The number of rotatable bonds is 2. The van der Waals surface area contributed by atoms with E-state index in [0.717, 1.165) is 49.4 Å². The fraction of sp³-hybridized carbons (Fsp3) is 0.500. The number of carbonyl (C=O) groups is 1. The van der Waals surface area contributed by atoms with Gasteiger partial charge in [0, 0.05) is 32.0 Å². The van der Waals surface area contributed by atoms with Crippen molar-refractivity contribution >= 4 is 5.91 Å². The molecule has 0 saturated carbocycles. The Bertz CT molecular complexity index is 755. The van der Waals surface area contributed by atoms with E-state index in [1.165, 1.54) is 0 Å². The van der Waals surface area contributed by atoms with Gasteiger partial charge in [0.15, 0.2) is 0 Å². The largest absolute Gasteiger partial charge is 0.507 e. The van der Waals surface area contributed by atoms with Crippen LogP contribution in [0.2, 0.25) is 0 Å². The number of phenols is 1. The van der Waals surface area contributed by atoms with E-state index in [0.29, 0.717) is 24.6 Å². The van der Waals surface area contributed by atoms with Crippen molar-refractivity contribution in [3.05, 3.63) is 41.0 Å². The highest BCUT2D eigenvalue weighted by atomic mass is 16.3. The molecule has 2 aliphatic heterocycles. The second-order valence-electron chi connectivity index (χ2n) is 6.77. The van der Waals surface area contributed by atoms with Gasteiger partial charge in [-0.2, -0.15) is 0 Å². The Morgan fingerprint density at radius 1 is 1.21 bits per heavy atom. The minimum absolute atomic E-state index is 0.0670. The fourth-order valence-corrected chi connectivity index (χ4v) is 3.90. The van der Waals surface area contributed by atoms with Gasteiger partial charge in [0.2, 0.25) is 0 Å². The molecule has 0 spiro atoms. The summed E-state index contributed by atoms with van der Waals surface area (Å²) in [7, 11) is 0. The fourth-order valence-electron chi connectivity index (χ4n) is 3.90. The van der Waals surface area contributed by atoms with Crippen LogP contribution in [0.15, 0.2) is 18.2 Å². The van der Waals surface area contributed by atoms with Gasteiger partial charge in [0.1, 0.15) is 17.4 Å². The summed E-state index contributed by atoms with van der Waals surface area (Å²) >= 11 is 0. The molecule has 0 unspecified atom stereocenters. The topological polar surface area (TPSA) is 71.2 Å². The van der Waals surface area contributed by atoms with Crippen molar-refractivity contribution in [2.75, 3.05) is 13.1 Å². The molecule has 24 heavy (non-hydrogen) atoms. The Hall–Kier alpha value is -2.37. The Balaban J connectivity index is 1.47. The maximum absolute atomic E-state index is 12.8. The SMILES string of the molecule is Cc1cccc(O)c1C(=O)N1CCC(c2nnc3n2CCC3)CC1. The minimum atomic E-state index is -0.0736. The maximum atomic E-state index is 12.8. The van der Waals surface area contributed by atoms with Crippen LogP contribution in [-0.2, 0) is 13.0 Å². The van der Waals surface area contributed by atoms with Gasteiger partial charge in [-0.05, 0) is 37.8 Å². The molecule has 2 aromatic rings. The summed E-state index contributed by atoms with van der Waals surface area (Å²) in [5.74, 6) is 2.56. The van der Waals surface area contributed by atoms with Crippen LogP contribution in [0.25, 0.3) is 0 Å². The Kier molecular flexibility index (Phi) is 3.75. The number of nitrogens with zero attached hydrogens (tertiary/aromatic N) is 4. The first-order chi connectivity index (χ1) is 11.6. The van der Waals surface area contributed by atoms with Crippen LogP contribution in [0, 0.1) is 6.92 Å². The summed E-state index contributed by atoms with van der Waals surface area (Å²) < 4.78 is 2.26. The van der Waals surface area contributed by atoms with Crippen LogP contribution >= 0.6 is 0 Å². The highest BCUT2D eigenvalue weighted by molar-refractivity contribution is 5.98. The van der Waals surface area contributed by atoms with Gasteiger partial charge in [0.05, 0.1) is 5.56 Å². The molecule has 0 atom stereocenters. The van der Waals surface area contributed by atoms with E-state index in [1.54, 1.807) is 12.1 Å². The number of aromatic hydroxyl groups is 1. The molecule has 1 N–H and O–H groups in total. The van der Waals surface area contributed by atoms with Crippen LogP contribution in [0.5, 0.6) is 5.75 Å². The number of piperidine rings is 1. The van der Waals surface area contributed by atoms with Crippen molar-refractivity contribution < 1.29 is 9.90 Å². The third-order valence-electron chi connectivity index (χ3n) is 5.25. The molecule has 4 rings (SSSR count). The smallest absolute Gasteiger partial charge is 0.257 e. The lowest BCUT2D eigenvalue weighted by Crippen LogP contribution is -2.38. The molecule has 126 valence electrons. The first kappa shape index (κ1) is 15.2. The number of fused-ring (bicyclic) bond motifs is 1. The Morgan fingerprint density at radius 2 is 2.00 bits per heavy atom. The van der Waals surface area contributed by atoms with Crippen LogP contribution < -0.4 is 0 Å². The molecule has 1 fully saturated rings. The zero-order valence-corrected chi connectivity index (χ0v) is 13.9. The highest BCUT2D eigenvalue weighted by Gasteiger charge is 2.30. The number of aryl methyl sites for hydroxylation is 2. The Labute approximate surface area is 141 Å². The average Bonchev–Trinajstić information content (AvgIpc) is 3.18. The average molecular weight is 326 g/mol. The van der Waals surface area contributed by atoms with Crippen LogP contribution in [0.1, 0.15) is 52.8 Å². The molecule has 1 aromatic heterocycles. The molecule has 2 aliphatic rings. The highest BCUT2D eigenvalue weighted by Crippen LogP contribution is 2.31. The predicted molar refractivity (Wildman–Crippen MR) is 89.1 cm³/mol. The van der Waals surface area contributed by atoms with Gasteiger partial charge in [-0.15, -0.1) is 10.2 Å². The first-order valence-electron chi connectivity index (χ1n) is 8.65. The minimum Gasteiger partial charge on any atom is -0.507 e. The van der Waals surface area contributed by atoms with E-state index in [9.17, 15) is 9.90 Å². The second kappa shape index (κ2) is 5.92. The van der Waals surface area contributed by atoms with E-state index in [2.05, 4.69) is 14.8 Å². The van der Waals surface area contributed by atoms with Crippen molar-refractivity contribution in [2.45, 2.75) is 45.1 Å². The second-order valence-corrected chi connectivity index (χ2v) is 6.77. The third kappa shape index (κ3) is 2.46. The normalized spacial score (nSPS) is 18.0. The van der Waals surface area contributed by atoms with E-state index in [4.69, 9.17) is 0 Å². The van der Waals surface area contributed by atoms with Gasteiger partial charge >= 0.3 is 0 Å². The first-order valence-corrected chi connectivity index (χ1v) is 8.65. The molecular weight excluding hydrogens is 304 g/mol. The summed E-state index contributed by atoms with van der Waals surface area (Å²) in [4.78, 5) is 14.6. The molecule has 1 saturated heterocycles. The number of likely N-dealkylation sites (tertiary alicyclic amines) is 1. The standard InChI is InChI=1S/C18H22N4O2/c1-12-4-2-5-14(23)16(12)18(24)21-10-7-13(8-11-21)17-20-19-15-6-3-9-22(15)17/h2,4-5,13,23H,3,6-11H2,1H3. The third-order valence-corrected chi connectivity index (χ3v) is 5.25. The molecule has 6 nitrogen and oxygen atoms in total. The maximum Gasteiger partial charge on any atom is 0.257 e. The van der Waals surface area contributed by atoms with Crippen molar-refractivity contribution in [2.24, 2.45) is 0 Å². The van der Waals surface area contributed by atoms with E-state index in [1.807, 2.05) is 17.9 Å². The van der Waals surface area contributed by atoms with Crippen molar-refractivity contribution in [3.63, 3.8) is 0 Å². The number of aromatic nitrogens is 3. The number of benzene rings is 1. The molecule has 0 radical (unpaired) electrons. The van der Waals surface area contributed by atoms with Gasteiger partial charge in [-0.1, -0.05) is 12.1 Å². The number of hydrogen-bond donors (Lipinski definition) is 1. The van der Waals surface area contributed by atoms with Crippen molar-refractivity contribution in [3.8, 4) is 5.75 Å². The number of phenolic OH excluding ortho intramolecular Hbond substituents is 1. The lowest BCUT2D eigenvalue weighted by molar-refractivity contribution is 0.0706. The van der Waals surface area contributed by atoms with E-state index < -0.39 is 0 Å². The van der Waals surface area contributed by atoms with Gasteiger partial charge < -0.3 is 14.6 Å². The number of carbonyl (C=O) groups excluding carboxylic acids is 1. The summed E-state index contributed by atoms with van der Waals surface area (Å²) in [5, 5.41) is 18.7. The number of amides is 1. The molecule has 3 heterocycles. The van der Waals surface area contributed by atoms with E-state index in [-0.39, 0.29) is 11.7 Å². The van der Waals surface area contributed by atoms with Crippen LogP contribution in [0.4, 0.5) is 0 Å². The zero-order chi connectivity index (χ0) is 16.7. The van der Waals surface area contributed by atoms with E-state index >= 15 is 0 Å². The monoisotopic (exact) mass is 326 g/mol. The quantitative estimate of drug-likeness (QED) is 0.919. The zero-order valence-electron chi connectivity index (χ0n) is 13.9. The lowest BCUT2D eigenvalue weighted by atomic mass is 9.95. The predicted octanol–water partition coefficient (Wildman–Crippen LogP) is 2.26. The number of hydrogen-bond acceptors (Lipinski definition) is 4. The molecule has 0 aliphatic carbocycles. The van der Waals surface area contributed by atoms with Crippen LogP contribution in [0.3, 0.4) is 0 Å². The van der Waals surface area contributed by atoms with Gasteiger partial charge in [-0.25, -0.2) is 0 Å². The van der Waals surface area contributed by atoms with Crippen LogP contribution in [-0.4, -0.2) is 43.8 Å².